The summed E-state index contributed by atoms with van der Waals surface area (Å²) >= 11 is 0. The van der Waals surface area contributed by atoms with E-state index >= 15 is 0 Å². The molecule has 0 aliphatic carbocycles. The van der Waals surface area contributed by atoms with Crippen LogP contribution in [0.3, 0.4) is 0 Å². The molecule has 0 aromatic carbocycles. The van der Waals surface area contributed by atoms with Crippen LogP contribution < -0.4 is 5.73 Å². The molecule has 3 unspecified atom stereocenters. The van der Waals surface area contributed by atoms with E-state index in [-0.39, 0.29) is 13.0 Å². The number of hydrogen-bond acceptors (Lipinski definition) is 9. The van der Waals surface area contributed by atoms with E-state index in [9.17, 15) is 23.8 Å². The first-order valence-electron chi connectivity index (χ1n) is 10.5. The molecule has 182 valence electrons. The minimum absolute atomic E-state index is 0.159. The van der Waals surface area contributed by atoms with Gasteiger partial charge in [-0.05, 0) is 6.42 Å². The van der Waals surface area contributed by atoms with Crippen LogP contribution >= 0.6 is 7.82 Å². The van der Waals surface area contributed by atoms with Crippen LogP contribution in [-0.4, -0.2) is 59.9 Å². The van der Waals surface area contributed by atoms with Gasteiger partial charge in [0.2, 0.25) is 0 Å². The van der Waals surface area contributed by atoms with Gasteiger partial charge >= 0.3 is 25.7 Å². The van der Waals surface area contributed by atoms with Crippen molar-refractivity contribution in [2.45, 2.75) is 83.8 Å². The van der Waals surface area contributed by atoms with Crippen LogP contribution in [-0.2, 0) is 37.5 Å². The Morgan fingerprint density at radius 1 is 0.935 bits per heavy atom. The standard InChI is InChI=1S/C19H36NO10P/c1-3-4-5-6-7-8-9-10-11-18(22)30-16(12-27-15(2)21)13-28-31(25,26)29-14-17(20)19(23)24/h16-17H,3-14,20H2,1-2H3,(H,23,24)(H,25,26). The quantitative estimate of drug-likeness (QED) is 0.144. The number of carbonyl (C=O) groups is 3. The number of phosphoric acid groups is 1. The fourth-order valence-electron chi connectivity index (χ4n) is 2.43. The van der Waals surface area contributed by atoms with Gasteiger partial charge in [0.05, 0.1) is 13.2 Å². The van der Waals surface area contributed by atoms with Gasteiger partial charge in [0.1, 0.15) is 12.6 Å². The van der Waals surface area contributed by atoms with Gasteiger partial charge in [-0.1, -0.05) is 51.9 Å². The molecule has 0 aromatic heterocycles. The summed E-state index contributed by atoms with van der Waals surface area (Å²) in [5.41, 5.74) is 5.19. The highest BCUT2D eigenvalue weighted by Crippen LogP contribution is 2.43. The number of carbonyl (C=O) groups excluding carboxylic acids is 2. The lowest BCUT2D eigenvalue weighted by Gasteiger charge is -2.20. The van der Waals surface area contributed by atoms with E-state index in [1.54, 1.807) is 0 Å². The van der Waals surface area contributed by atoms with Crippen molar-refractivity contribution in [2.75, 3.05) is 19.8 Å². The van der Waals surface area contributed by atoms with E-state index in [4.69, 9.17) is 24.8 Å². The number of aliphatic carboxylic acids is 1. The molecule has 12 heteroatoms. The number of phosphoric ester groups is 1. The fraction of sp³-hybridized carbons (Fsp3) is 0.842. The molecule has 0 aliphatic rings. The molecule has 0 heterocycles. The summed E-state index contributed by atoms with van der Waals surface area (Å²) in [4.78, 5) is 43.3. The topological polar surface area (TPSA) is 172 Å². The van der Waals surface area contributed by atoms with E-state index in [0.717, 1.165) is 26.2 Å². The molecular weight excluding hydrogens is 433 g/mol. The van der Waals surface area contributed by atoms with Gasteiger partial charge in [-0.3, -0.25) is 23.4 Å². The smallest absolute Gasteiger partial charge is 0.472 e. The van der Waals surface area contributed by atoms with Gasteiger partial charge in [0, 0.05) is 13.3 Å². The zero-order chi connectivity index (χ0) is 23.7. The first kappa shape index (κ1) is 29.5. The minimum Gasteiger partial charge on any atom is -0.480 e. The van der Waals surface area contributed by atoms with Crippen molar-refractivity contribution in [2.24, 2.45) is 5.73 Å². The predicted molar refractivity (Wildman–Crippen MR) is 111 cm³/mol. The van der Waals surface area contributed by atoms with Crippen LogP contribution in [0.2, 0.25) is 0 Å². The third-order valence-corrected chi connectivity index (χ3v) is 5.11. The normalized spacial score (nSPS) is 15.0. The van der Waals surface area contributed by atoms with Crippen molar-refractivity contribution in [3.8, 4) is 0 Å². The lowest BCUT2D eigenvalue weighted by Crippen LogP contribution is -2.34. The number of nitrogens with two attached hydrogens (primary N) is 1. The average Bonchev–Trinajstić information content (AvgIpc) is 2.70. The third-order valence-electron chi connectivity index (χ3n) is 4.16. The van der Waals surface area contributed by atoms with Crippen LogP contribution in [0.25, 0.3) is 0 Å². The summed E-state index contributed by atoms with van der Waals surface area (Å²) in [6, 6.07) is -1.51. The van der Waals surface area contributed by atoms with Crippen molar-refractivity contribution < 1.29 is 47.5 Å². The number of hydrogen-bond donors (Lipinski definition) is 3. The Balaban J connectivity index is 4.36. The second kappa shape index (κ2) is 17.1. The maximum atomic E-state index is 12.0. The summed E-state index contributed by atoms with van der Waals surface area (Å²) in [7, 11) is -4.65. The van der Waals surface area contributed by atoms with Crippen molar-refractivity contribution in [1.29, 1.82) is 0 Å². The second-order valence-corrected chi connectivity index (χ2v) is 8.60. The summed E-state index contributed by atoms with van der Waals surface area (Å²) < 4.78 is 31.0. The van der Waals surface area contributed by atoms with Gasteiger partial charge < -0.3 is 25.2 Å². The molecule has 0 amide bonds. The van der Waals surface area contributed by atoms with Crippen molar-refractivity contribution in [3.63, 3.8) is 0 Å². The Bertz CT molecular complexity index is 586. The van der Waals surface area contributed by atoms with E-state index < -0.39 is 51.1 Å². The van der Waals surface area contributed by atoms with Gasteiger partial charge in [-0.15, -0.1) is 0 Å². The first-order chi connectivity index (χ1) is 14.6. The molecule has 0 aromatic rings. The molecular formula is C19H36NO10P. The van der Waals surface area contributed by atoms with Crippen LogP contribution in [0, 0.1) is 0 Å². The molecule has 0 radical (unpaired) electrons. The summed E-state index contributed by atoms with van der Waals surface area (Å²) in [6.45, 7) is 1.61. The molecule has 0 saturated carbocycles. The molecule has 4 N–H and O–H groups in total. The van der Waals surface area contributed by atoms with Gasteiger partial charge in [0.25, 0.3) is 0 Å². The summed E-state index contributed by atoms with van der Waals surface area (Å²) in [5.74, 6) is -2.59. The molecule has 31 heavy (non-hydrogen) atoms. The molecule has 3 atom stereocenters. The van der Waals surface area contributed by atoms with E-state index in [1.165, 1.54) is 25.7 Å². The Morgan fingerprint density at radius 3 is 2.03 bits per heavy atom. The molecule has 0 rings (SSSR count). The Hall–Kier alpha value is -1.52. The molecule has 0 saturated heterocycles. The highest BCUT2D eigenvalue weighted by atomic mass is 31.2. The molecule has 0 fully saturated rings. The van der Waals surface area contributed by atoms with Gasteiger partial charge in [-0.2, -0.15) is 0 Å². The molecule has 11 nitrogen and oxygen atoms in total. The maximum absolute atomic E-state index is 12.0. The number of unbranched alkanes of at least 4 members (excludes halogenated alkanes) is 7. The zero-order valence-electron chi connectivity index (χ0n) is 18.3. The summed E-state index contributed by atoms with van der Waals surface area (Å²) in [6.07, 6.45) is 7.54. The number of esters is 2. The lowest BCUT2D eigenvalue weighted by atomic mass is 10.1. The van der Waals surface area contributed by atoms with Crippen LogP contribution in [0.15, 0.2) is 0 Å². The summed E-state index contributed by atoms with van der Waals surface area (Å²) in [5, 5.41) is 8.65. The largest absolute Gasteiger partial charge is 0.480 e. The van der Waals surface area contributed by atoms with E-state index in [0.29, 0.717) is 6.42 Å². The maximum Gasteiger partial charge on any atom is 0.472 e. The van der Waals surface area contributed by atoms with E-state index in [1.807, 2.05) is 0 Å². The number of carboxylic acid groups (broad SMARTS) is 1. The van der Waals surface area contributed by atoms with Crippen LogP contribution in [0.5, 0.6) is 0 Å². The molecule has 0 spiro atoms. The third kappa shape index (κ3) is 17.8. The predicted octanol–water partition coefficient (Wildman–Crippen LogP) is 2.54. The van der Waals surface area contributed by atoms with Crippen molar-refractivity contribution in [1.82, 2.24) is 0 Å². The van der Waals surface area contributed by atoms with Gasteiger partial charge in [-0.25, -0.2) is 4.57 Å². The highest BCUT2D eigenvalue weighted by molar-refractivity contribution is 7.47. The Labute approximate surface area is 183 Å². The van der Waals surface area contributed by atoms with Gasteiger partial charge in [0.15, 0.2) is 6.10 Å². The number of rotatable bonds is 19. The Kier molecular flexibility index (Phi) is 16.2. The monoisotopic (exact) mass is 469 g/mol. The number of ether oxygens (including phenoxy) is 2. The van der Waals surface area contributed by atoms with Crippen LogP contribution in [0.4, 0.5) is 0 Å². The number of carboxylic acids is 1. The van der Waals surface area contributed by atoms with Crippen molar-refractivity contribution >= 4 is 25.7 Å². The minimum atomic E-state index is -4.65. The molecule has 0 bridgehead atoms. The van der Waals surface area contributed by atoms with E-state index in [2.05, 4.69) is 11.4 Å². The highest BCUT2D eigenvalue weighted by Gasteiger charge is 2.27. The first-order valence-corrected chi connectivity index (χ1v) is 12.0. The SMILES string of the molecule is CCCCCCCCCCC(=O)OC(COC(C)=O)COP(=O)(O)OCC(N)C(=O)O. The average molecular weight is 469 g/mol. The second-order valence-electron chi connectivity index (χ2n) is 7.14. The van der Waals surface area contributed by atoms with Crippen LogP contribution in [0.1, 0.15) is 71.6 Å². The zero-order valence-corrected chi connectivity index (χ0v) is 19.2. The lowest BCUT2D eigenvalue weighted by molar-refractivity contribution is -0.160. The Morgan fingerprint density at radius 2 is 1.48 bits per heavy atom. The molecule has 0 aliphatic heterocycles. The van der Waals surface area contributed by atoms with Crippen molar-refractivity contribution in [3.05, 3.63) is 0 Å². The fourth-order valence-corrected chi connectivity index (χ4v) is 3.21.